The van der Waals surface area contributed by atoms with Crippen LogP contribution in [-0.4, -0.2) is 11.2 Å². The molecular weight excluding hydrogens is 208 g/mol. The van der Waals surface area contributed by atoms with Gasteiger partial charge in [-0.15, -0.1) is 0 Å². The fourth-order valence-corrected chi connectivity index (χ4v) is 2.66. The molecule has 1 heteroatoms. The maximum absolute atomic E-state index is 9.96. The molecule has 1 unspecified atom stereocenters. The summed E-state index contributed by atoms with van der Waals surface area (Å²) in [6, 6.07) is 0. The summed E-state index contributed by atoms with van der Waals surface area (Å²) < 4.78 is 0. The SMILES string of the molecule is CCCCCCCCC(O)CC1=CCCCC1. The Morgan fingerprint density at radius 3 is 2.59 bits per heavy atom. The summed E-state index contributed by atoms with van der Waals surface area (Å²) in [4.78, 5) is 0. The van der Waals surface area contributed by atoms with Gasteiger partial charge in [0, 0.05) is 0 Å². The van der Waals surface area contributed by atoms with Gasteiger partial charge >= 0.3 is 0 Å². The Balaban J connectivity index is 1.97. The van der Waals surface area contributed by atoms with Crippen LogP contribution in [0.1, 0.15) is 84.0 Å². The van der Waals surface area contributed by atoms with Crippen LogP contribution in [0.2, 0.25) is 0 Å². The van der Waals surface area contributed by atoms with Crippen molar-refractivity contribution in [2.45, 2.75) is 90.1 Å². The largest absolute Gasteiger partial charge is 0.393 e. The molecule has 1 rings (SSSR count). The third kappa shape index (κ3) is 7.59. The molecule has 0 aliphatic heterocycles. The molecule has 0 aromatic rings. The second-order valence-corrected chi connectivity index (χ2v) is 5.52. The van der Waals surface area contributed by atoms with Crippen LogP contribution in [0.5, 0.6) is 0 Å². The van der Waals surface area contributed by atoms with Gasteiger partial charge in [0.25, 0.3) is 0 Å². The predicted molar refractivity (Wildman–Crippen MR) is 75.2 cm³/mol. The van der Waals surface area contributed by atoms with Crippen molar-refractivity contribution in [3.8, 4) is 0 Å². The number of hydrogen-bond donors (Lipinski definition) is 1. The zero-order valence-electron chi connectivity index (χ0n) is 11.6. The van der Waals surface area contributed by atoms with Crippen LogP contribution in [-0.2, 0) is 0 Å². The van der Waals surface area contributed by atoms with E-state index in [9.17, 15) is 5.11 Å². The van der Waals surface area contributed by atoms with Gasteiger partial charge in [0.2, 0.25) is 0 Å². The molecule has 17 heavy (non-hydrogen) atoms. The molecule has 0 bridgehead atoms. The summed E-state index contributed by atoms with van der Waals surface area (Å²) in [6.45, 7) is 2.25. The van der Waals surface area contributed by atoms with E-state index in [1.165, 1.54) is 69.8 Å². The molecule has 0 aromatic carbocycles. The highest BCUT2D eigenvalue weighted by Crippen LogP contribution is 2.23. The summed E-state index contributed by atoms with van der Waals surface area (Å²) in [6.07, 6.45) is 17.3. The van der Waals surface area contributed by atoms with E-state index in [-0.39, 0.29) is 6.10 Å². The van der Waals surface area contributed by atoms with Crippen molar-refractivity contribution in [2.75, 3.05) is 0 Å². The molecule has 0 heterocycles. The van der Waals surface area contributed by atoms with E-state index in [1.54, 1.807) is 0 Å². The number of rotatable bonds is 9. The predicted octanol–water partition coefficient (Wildman–Crippen LogP) is 4.99. The van der Waals surface area contributed by atoms with Crippen LogP contribution in [0, 0.1) is 0 Å². The number of hydrogen-bond acceptors (Lipinski definition) is 1. The van der Waals surface area contributed by atoms with E-state index in [0.717, 1.165) is 12.8 Å². The molecule has 0 amide bonds. The van der Waals surface area contributed by atoms with E-state index in [4.69, 9.17) is 0 Å². The lowest BCUT2D eigenvalue weighted by atomic mass is 9.93. The first-order chi connectivity index (χ1) is 8.33. The molecule has 1 aliphatic carbocycles. The van der Waals surface area contributed by atoms with E-state index in [0.29, 0.717) is 0 Å². The molecule has 0 aromatic heterocycles. The summed E-state index contributed by atoms with van der Waals surface area (Å²) in [5.41, 5.74) is 1.51. The van der Waals surface area contributed by atoms with Crippen molar-refractivity contribution in [3.63, 3.8) is 0 Å². The minimum absolute atomic E-state index is 0.0782. The highest BCUT2D eigenvalue weighted by molar-refractivity contribution is 5.06. The lowest BCUT2D eigenvalue weighted by Gasteiger charge is -2.16. The van der Waals surface area contributed by atoms with E-state index >= 15 is 0 Å². The zero-order chi connectivity index (χ0) is 12.3. The van der Waals surface area contributed by atoms with E-state index in [2.05, 4.69) is 13.0 Å². The zero-order valence-corrected chi connectivity index (χ0v) is 11.6. The summed E-state index contributed by atoms with van der Waals surface area (Å²) in [5, 5.41) is 9.96. The van der Waals surface area contributed by atoms with Gasteiger partial charge in [-0.1, -0.05) is 57.1 Å². The fraction of sp³-hybridized carbons (Fsp3) is 0.875. The van der Waals surface area contributed by atoms with Gasteiger partial charge in [-0.25, -0.2) is 0 Å². The third-order valence-electron chi connectivity index (χ3n) is 3.77. The topological polar surface area (TPSA) is 20.2 Å². The first-order valence-corrected chi connectivity index (χ1v) is 7.69. The van der Waals surface area contributed by atoms with E-state index < -0.39 is 0 Å². The summed E-state index contributed by atoms with van der Waals surface area (Å²) >= 11 is 0. The Bertz CT molecular complexity index is 208. The lowest BCUT2D eigenvalue weighted by Crippen LogP contribution is -2.09. The summed E-state index contributed by atoms with van der Waals surface area (Å²) in [7, 11) is 0. The van der Waals surface area contributed by atoms with Gasteiger partial charge in [0.05, 0.1) is 6.10 Å². The van der Waals surface area contributed by atoms with Gasteiger partial charge in [0.1, 0.15) is 0 Å². The van der Waals surface area contributed by atoms with Crippen LogP contribution >= 0.6 is 0 Å². The maximum atomic E-state index is 9.96. The Morgan fingerprint density at radius 1 is 1.12 bits per heavy atom. The number of allylic oxidation sites excluding steroid dienone is 1. The molecule has 0 spiro atoms. The fourth-order valence-electron chi connectivity index (χ4n) is 2.66. The molecule has 1 aliphatic rings. The third-order valence-corrected chi connectivity index (χ3v) is 3.77. The highest BCUT2D eigenvalue weighted by atomic mass is 16.3. The highest BCUT2D eigenvalue weighted by Gasteiger charge is 2.09. The monoisotopic (exact) mass is 238 g/mol. The van der Waals surface area contributed by atoms with Crippen LogP contribution in [0.3, 0.4) is 0 Å². The van der Waals surface area contributed by atoms with Crippen molar-refractivity contribution >= 4 is 0 Å². The number of aliphatic hydroxyl groups is 1. The average molecular weight is 238 g/mol. The molecule has 1 nitrogen and oxygen atoms in total. The molecule has 0 saturated carbocycles. The molecule has 1 atom stereocenters. The van der Waals surface area contributed by atoms with Gasteiger partial charge in [0.15, 0.2) is 0 Å². The Morgan fingerprint density at radius 2 is 1.88 bits per heavy atom. The smallest absolute Gasteiger partial charge is 0.0577 e. The van der Waals surface area contributed by atoms with Gasteiger partial charge < -0.3 is 5.11 Å². The van der Waals surface area contributed by atoms with Crippen LogP contribution in [0.25, 0.3) is 0 Å². The first-order valence-electron chi connectivity index (χ1n) is 7.69. The molecule has 0 fully saturated rings. The van der Waals surface area contributed by atoms with Crippen molar-refractivity contribution in [2.24, 2.45) is 0 Å². The number of unbranched alkanes of at least 4 members (excludes halogenated alkanes) is 5. The molecule has 1 N–H and O–H groups in total. The van der Waals surface area contributed by atoms with Crippen LogP contribution < -0.4 is 0 Å². The van der Waals surface area contributed by atoms with Crippen LogP contribution in [0.4, 0.5) is 0 Å². The van der Waals surface area contributed by atoms with Gasteiger partial charge in [-0.05, 0) is 38.5 Å². The van der Waals surface area contributed by atoms with Gasteiger partial charge in [-0.3, -0.25) is 0 Å². The van der Waals surface area contributed by atoms with Crippen LogP contribution in [0.15, 0.2) is 11.6 Å². The Labute approximate surface area is 107 Å². The minimum atomic E-state index is -0.0782. The Hall–Kier alpha value is -0.300. The maximum Gasteiger partial charge on any atom is 0.0577 e. The average Bonchev–Trinajstić information content (AvgIpc) is 2.35. The normalized spacial score (nSPS) is 17.9. The quantitative estimate of drug-likeness (QED) is 0.443. The standard InChI is InChI=1S/C16H30O/c1-2-3-4-5-6-10-13-16(17)14-15-11-8-7-9-12-15/h11,16-17H,2-10,12-14H2,1H3. The first kappa shape index (κ1) is 14.8. The van der Waals surface area contributed by atoms with Crippen molar-refractivity contribution in [1.82, 2.24) is 0 Å². The second kappa shape index (κ2) is 9.70. The summed E-state index contributed by atoms with van der Waals surface area (Å²) in [5.74, 6) is 0. The van der Waals surface area contributed by atoms with Crippen molar-refractivity contribution in [3.05, 3.63) is 11.6 Å². The van der Waals surface area contributed by atoms with E-state index in [1.807, 2.05) is 0 Å². The van der Waals surface area contributed by atoms with Crippen molar-refractivity contribution < 1.29 is 5.11 Å². The molecule has 0 saturated heterocycles. The second-order valence-electron chi connectivity index (χ2n) is 5.52. The number of aliphatic hydroxyl groups excluding tert-OH is 1. The Kier molecular flexibility index (Phi) is 8.42. The lowest BCUT2D eigenvalue weighted by molar-refractivity contribution is 0.159. The molecule has 100 valence electrons. The minimum Gasteiger partial charge on any atom is -0.393 e. The molecule has 0 radical (unpaired) electrons. The van der Waals surface area contributed by atoms with Crippen molar-refractivity contribution in [1.29, 1.82) is 0 Å². The molecular formula is C16H30O. The van der Waals surface area contributed by atoms with Gasteiger partial charge in [-0.2, -0.15) is 0 Å².